The Kier molecular flexibility index (Phi) is 10.3. The average Bonchev–Trinajstić information content (AvgIpc) is 3.10. The van der Waals surface area contributed by atoms with E-state index < -0.39 is 36.2 Å². The van der Waals surface area contributed by atoms with Crippen molar-refractivity contribution in [2.45, 2.75) is 71.6 Å². The monoisotopic (exact) mass is 511 g/mol. The number of amides is 1. The highest BCUT2D eigenvalue weighted by molar-refractivity contribution is 5.70. The van der Waals surface area contributed by atoms with Crippen LogP contribution >= 0.6 is 0 Å². The lowest BCUT2D eigenvalue weighted by Gasteiger charge is -2.34. The Labute approximate surface area is 213 Å². The number of halogens is 2. The van der Waals surface area contributed by atoms with Crippen LogP contribution in [0.2, 0.25) is 0 Å². The molecule has 2 heterocycles. The van der Waals surface area contributed by atoms with E-state index >= 15 is 0 Å². The second-order valence-electron chi connectivity index (χ2n) is 9.78. The maximum atomic E-state index is 14.3. The minimum absolute atomic E-state index is 0. The van der Waals surface area contributed by atoms with E-state index in [0.29, 0.717) is 24.4 Å². The van der Waals surface area contributed by atoms with Crippen molar-refractivity contribution in [1.29, 1.82) is 0 Å². The first-order valence-corrected chi connectivity index (χ1v) is 11.8. The molecule has 0 spiro atoms. The Bertz CT molecular complexity index is 1000. The van der Waals surface area contributed by atoms with Crippen molar-refractivity contribution in [1.82, 2.24) is 15.2 Å². The number of nitrogens with zero attached hydrogens (tertiary/aromatic N) is 2. The fourth-order valence-corrected chi connectivity index (χ4v) is 3.87. The van der Waals surface area contributed by atoms with Gasteiger partial charge in [-0.05, 0) is 65.8 Å². The Morgan fingerprint density at radius 3 is 2.36 bits per heavy atom. The van der Waals surface area contributed by atoms with E-state index in [1.807, 2.05) is 12.1 Å². The fraction of sp³-hybridized carbons (Fsp3) is 0.538. The van der Waals surface area contributed by atoms with Crippen molar-refractivity contribution >= 4 is 6.09 Å². The smallest absolute Gasteiger partial charge is 0.413 e. The summed E-state index contributed by atoms with van der Waals surface area (Å²) < 4.78 is 40.0. The van der Waals surface area contributed by atoms with E-state index in [2.05, 4.69) is 15.2 Å². The molecule has 0 saturated carbocycles. The molecule has 8 nitrogen and oxygen atoms in total. The lowest BCUT2D eigenvalue weighted by Crippen LogP contribution is -2.50. The van der Waals surface area contributed by atoms with Crippen LogP contribution in [-0.4, -0.2) is 58.9 Å². The molecular formula is C26H39F2N3O5. The quantitative estimate of drug-likeness (QED) is 0.378. The Morgan fingerprint density at radius 1 is 1.28 bits per heavy atom. The van der Waals surface area contributed by atoms with Crippen LogP contribution in [0.25, 0.3) is 11.1 Å². The second-order valence-corrected chi connectivity index (χ2v) is 9.78. The number of pyridine rings is 1. The number of aromatic nitrogens is 1. The summed E-state index contributed by atoms with van der Waals surface area (Å²) in [6.45, 7) is 10.4. The van der Waals surface area contributed by atoms with Gasteiger partial charge in [0.15, 0.2) is 0 Å². The summed E-state index contributed by atoms with van der Waals surface area (Å²) in [7, 11) is 1.73. The van der Waals surface area contributed by atoms with Gasteiger partial charge < -0.3 is 14.8 Å². The molecule has 36 heavy (non-hydrogen) atoms. The van der Waals surface area contributed by atoms with Crippen LogP contribution in [0, 0.1) is 5.82 Å². The molecule has 1 fully saturated rings. The maximum absolute atomic E-state index is 14.3. The third kappa shape index (κ3) is 7.42. The summed E-state index contributed by atoms with van der Waals surface area (Å²) >= 11 is 0. The van der Waals surface area contributed by atoms with Gasteiger partial charge in [0.2, 0.25) is 0 Å². The lowest BCUT2D eigenvalue weighted by molar-refractivity contribution is -0.237. The topological polar surface area (TPSA) is 93.1 Å². The number of benzene rings is 1. The molecule has 1 aromatic heterocycles. The van der Waals surface area contributed by atoms with Crippen molar-refractivity contribution in [2.75, 3.05) is 20.3 Å². The number of alkyl halides is 1. The third-order valence-corrected chi connectivity index (χ3v) is 5.39. The molecule has 1 aromatic carbocycles. The Morgan fingerprint density at radius 2 is 1.89 bits per heavy atom. The van der Waals surface area contributed by atoms with Crippen molar-refractivity contribution in [3.05, 3.63) is 53.6 Å². The van der Waals surface area contributed by atoms with Gasteiger partial charge in [-0.25, -0.2) is 18.5 Å². The SMILES string of the molecule is CCOO.CNCc1ncc(-c2ccc([C@H]3OC(C)(C)N(C(=O)OC(C)(C)C)[C@@H]3CF)cc2)cc1F.[HH]. The number of carbonyl (C=O) groups excluding carboxylic acids is 1. The van der Waals surface area contributed by atoms with Gasteiger partial charge in [-0.2, -0.15) is 0 Å². The molecule has 2 N–H and O–H groups in total. The summed E-state index contributed by atoms with van der Waals surface area (Å²) in [5, 5.41) is 10.3. The van der Waals surface area contributed by atoms with Crippen LogP contribution in [0.1, 0.15) is 60.3 Å². The molecule has 2 atom stereocenters. The molecule has 0 unspecified atom stereocenters. The van der Waals surface area contributed by atoms with E-state index in [4.69, 9.17) is 14.7 Å². The van der Waals surface area contributed by atoms with Gasteiger partial charge in [-0.1, -0.05) is 24.3 Å². The highest BCUT2D eigenvalue weighted by Crippen LogP contribution is 2.42. The Balaban J connectivity index is 0.00000127. The molecule has 3 rings (SSSR count). The minimum atomic E-state index is -1.04. The number of rotatable bonds is 6. The number of ether oxygens (including phenoxy) is 2. The van der Waals surface area contributed by atoms with Gasteiger partial charge in [0.05, 0.1) is 18.3 Å². The molecule has 0 bridgehead atoms. The molecule has 0 radical (unpaired) electrons. The lowest BCUT2D eigenvalue weighted by atomic mass is 9.99. The van der Waals surface area contributed by atoms with Crippen molar-refractivity contribution < 1.29 is 34.6 Å². The third-order valence-electron chi connectivity index (χ3n) is 5.39. The zero-order valence-electron chi connectivity index (χ0n) is 22.0. The summed E-state index contributed by atoms with van der Waals surface area (Å²) in [5.74, 6) is -0.382. The maximum Gasteiger partial charge on any atom is 0.413 e. The first-order chi connectivity index (χ1) is 16.9. The van der Waals surface area contributed by atoms with Gasteiger partial charge in [0.25, 0.3) is 0 Å². The standard InChI is InChI=1S/C24H31F2N3O3.C2H6O2.H2/c1-23(2,3)32-22(30)29-20(12-25)21(31-24(29,4)5)16-9-7-15(8-10-16)17-11-18(26)19(14-27-6)28-13-17;1-2-4-3;/h7-11,13,20-21,27H,12,14H2,1-6H3;3H,2H2,1H3;1H/t20-,21-;;/m1../s1. The fourth-order valence-electron chi connectivity index (χ4n) is 3.87. The van der Waals surface area contributed by atoms with Gasteiger partial charge in [-0.3, -0.25) is 15.1 Å². The molecule has 1 aliphatic heterocycles. The molecule has 1 saturated heterocycles. The first-order valence-electron chi connectivity index (χ1n) is 11.8. The summed E-state index contributed by atoms with van der Waals surface area (Å²) in [4.78, 5) is 21.8. The van der Waals surface area contributed by atoms with Crippen LogP contribution in [0.15, 0.2) is 36.5 Å². The summed E-state index contributed by atoms with van der Waals surface area (Å²) in [6, 6.07) is 7.84. The molecule has 2 aromatic rings. The van der Waals surface area contributed by atoms with E-state index in [9.17, 15) is 13.6 Å². The van der Waals surface area contributed by atoms with Crippen LogP contribution in [0.4, 0.5) is 13.6 Å². The Hall–Kier alpha value is -2.66. The van der Waals surface area contributed by atoms with Gasteiger partial charge in [-0.15, -0.1) is 0 Å². The normalized spacial score (nSPS) is 19.0. The zero-order valence-corrected chi connectivity index (χ0v) is 22.0. The van der Waals surface area contributed by atoms with Crippen LogP contribution in [0.5, 0.6) is 0 Å². The number of carbonyl (C=O) groups is 1. The predicted octanol–water partition coefficient (Wildman–Crippen LogP) is 5.73. The average molecular weight is 512 g/mol. The van der Waals surface area contributed by atoms with E-state index in [0.717, 1.165) is 11.1 Å². The molecule has 10 heteroatoms. The summed E-state index contributed by atoms with van der Waals surface area (Å²) in [6.07, 6.45) is 0.339. The first kappa shape index (κ1) is 29.6. The van der Waals surface area contributed by atoms with Crippen LogP contribution < -0.4 is 5.32 Å². The number of hydrogen-bond acceptors (Lipinski definition) is 7. The molecular weight excluding hydrogens is 472 g/mol. The number of hydrogen-bond donors (Lipinski definition) is 2. The van der Waals surface area contributed by atoms with Crippen molar-refractivity contribution in [2.24, 2.45) is 0 Å². The minimum Gasteiger partial charge on any atom is -0.444 e. The largest absolute Gasteiger partial charge is 0.444 e. The second kappa shape index (κ2) is 12.5. The van der Waals surface area contributed by atoms with Gasteiger partial charge >= 0.3 is 6.09 Å². The zero-order chi connectivity index (χ0) is 27.1. The van der Waals surface area contributed by atoms with E-state index in [-0.39, 0.29) is 7.24 Å². The molecule has 1 amide bonds. The van der Waals surface area contributed by atoms with E-state index in [1.165, 1.54) is 11.0 Å². The van der Waals surface area contributed by atoms with E-state index in [1.54, 1.807) is 66.9 Å². The molecule has 1 aliphatic rings. The van der Waals surface area contributed by atoms with Gasteiger partial charge in [0.1, 0.15) is 29.9 Å². The van der Waals surface area contributed by atoms with Crippen LogP contribution in [0.3, 0.4) is 0 Å². The van der Waals surface area contributed by atoms with Crippen molar-refractivity contribution in [3.8, 4) is 11.1 Å². The van der Waals surface area contributed by atoms with Crippen LogP contribution in [-0.2, 0) is 20.9 Å². The molecule has 0 aliphatic carbocycles. The van der Waals surface area contributed by atoms with Crippen molar-refractivity contribution in [3.63, 3.8) is 0 Å². The predicted molar refractivity (Wildman–Crippen MR) is 135 cm³/mol. The molecule has 202 valence electrons. The summed E-state index contributed by atoms with van der Waals surface area (Å²) in [5.41, 5.74) is 0.727. The highest BCUT2D eigenvalue weighted by atomic mass is 19.1. The number of nitrogens with one attached hydrogen (secondary N) is 1. The van der Waals surface area contributed by atoms with Gasteiger partial charge in [0, 0.05) is 19.7 Å². The highest BCUT2D eigenvalue weighted by Gasteiger charge is 2.51.